The predicted octanol–water partition coefficient (Wildman–Crippen LogP) is 0.557. The summed E-state index contributed by atoms with van der Waals surface area (Å²) in [5, 5.41) is 13.6. The molecule has 0 saturated carbocycles. The maximum absolute atomic E-state index is 11.1. The van der Waals surface area contributed by atoms with Gasteiger partial charge in [0.2, 0.25) is 0 Å². The van der Waals surface area contributed by atoms with Gasteiger partial charge >= 0.3 is 12.0 Å². The number of carbonyl (C=O) groups is 2. The van der Waals surface area contributed by atoms with Crippen LogP contribution in [0.4, 0.5) is 4.79 Å². The van der Waals surface area contributed by atoms with Crippen LogP contribution in [0.15, 0.2) is 0 Å². The summed E-state index contributed by atoms with van der Waals surface area (Å²) in [7, 11) is 0. The van der Waals surface area contributed by atoms with Crippen molar-refractivity contribution in [3.8, 4) is 0 Å². The minimum atomic E-state index is -1.24. The van der Waals surface area contributed by atoms with E-state index in [0.717, 1.165) is 0 Å². The van der Waals surface area contributed by atoms with E-state index in [1.807, 2.05) is 0 Å². The molecule has 0 aromatic heterocycles. The maximum atomic E-state index is 11.1. The largest absolute Gasteiger partial charge is 0.480 e. The lowest BCUT2D eigenvalue weighted by Crippen LogP contribution is -2.54. The first-order chi connectivity index (χ1) is 5.75. The number of carbonyl (C=O) groups excluding carboxylic acids is 1. The van der Waals surface area contributed by atoms with E-state index in [1.165, 1.54) is 13.8 Å². The van der Waals surface area contributed by atoms with Gasteiger partial charge in [-0.15, -0.1) is 0 Å². The van der Waals surface area contributed by atoms with E-state index >= 15 is 0 Å². The molecule has 0 aliphatic rings. The van der Waals surface area contributed by atoms with Gasteiger partial charge < -0.3 is 15.7 Å². The molecule has 0 unspecified atom stereocenters. The smallest absolute Gasteiger partial charge is 0.328 e. The molecule has 0 rings (SSSR count). The van der Waals surface area contributed by atoms with E-state index in [2.05, 4.69) is 10.6 Å². The Labute approximate surface area is 77.5 Å². The summed E-state index contributed by atoms with van der Waals surface area (Å²) >= 11 is 0. The molecular weight excluding hydrogens is 172 g/mol. The Hall–Kier alpha value is -1.26. The molecule has 0 aromatic carbocycles. The number of aliphatic carboxylic acids is 1. The molecule has 3 N–H and O–H groups in total. The number of amides is 2. The van der Waals surface area contributed by atoms with Gasteiger partial charge in [0.15, 0.2) is 0 Å². The molecule has 0 radical (unpaired) electrons. The van der Waals surface area contributed by atoms with E-state index in [1.54, 1.807) is 13.8 Å². The van der Waals surface area contributed by atoms with Gasteiger partial charge in [-0.2, -0.15) is 0 Å². The molecule has 0 heterocycles. The molecule has 76 valence electrons. The van der Waals surface area contributed by atoms with Crippen molar-refractivity contribution in [2.75, 3.05) is 0 Å². The Bertz CT molecular complexity index is 211. The molecule has 0 atom stereocenters. The predicted molar refractivity (Wildman–Crippen MR) is 48.5 cm³/mol. The topological polar surface area (TPSA) is 78.4 Å². The summed E-state index contributed by atoms with van der Waals surface area (Å²) in [5.41, 5.74) is -1.24. The lowest BCUT2D eigenvalue weighted by atomic mass is 10.1. The van der Waals surface area contributed by atoms with Crippen LogP contribution in [-0.2, 0) is 4.79 Å². The Balaban J connectivity index is 4.12. The number of carboxylic acids is 1. The Kier molecular flexibility index (Phi) is 3.71. The van der Waals surface area contributed by atoms with Crippen LogP contribution in [0.5, 0.6) is 0 Å². The summed E-state index contributed by atoms with van der Waals surface area (Å²) in [6, 6.07) is -0.480. The van der Waals surface area contributed by atoms with E-state index in [9.17, 15) is 9.59 Å². The number of hydrogen-bond donors (Lipinski definition) is 3. The Morgan fingerprint density at radius 1 is 1.31 bits per heavy atom. The van der Waals surface area contributed by atoms with Gasteiger partial charge in [-0.25, -0.2) is 9.59 Å². The summed E-state index contributed by atoms with van der Waals surface area (Å²) in [4.78, 5) is 21.7. The highest BCUT2D eigenvalue weighted by Crippen LogP contribution is 2.00. The maximum Gasteiger partial charge on any atom is 0.328 e. The number of nitrogens with one attached hydrogen (secondary N) is 2. The molecule has 0 spiro atoms. The van der Waals surface area contributed by atoms with Gasteiger partial charge in [-0.1, -0.05) is 0 Å². The molecule has 0 aromatic rings. The third-order valence-corrected chi connectivity index (χ3v) is 1.38. The summed E-state index contributed by atoms with van der Waals surface area (Å²) in [6.45, 7) is 6.45. The average molecular weight is 188 g/mol. The SMILES string of the molecule is CC(C)NC(=O)NC(C)(C)C(=O)O. The first kappa shape index (κ1) is 11.7. The Morgan fingerprint density at radius 3 is 2.08 bits per heavy atom. The second-order valence-electron chi connectivity index (χ2n) is 3.68. The van der Waals surface area contributed by atoms with Crippen LogP contribution in [-0.4, -0.2) is 28.7 Å². The quantitative estimate of drug-likeness (QED) is 0.605. The van der Waals surface area contributed by atoms with Gasteiger partial charge in [-0.3, -0.25) is 0 Å². The highest BCUT2D eigenvalue weighted by atomic mass is 16.4. The van der Waals surface area contributed by atoms with E-state index in [0.29, 0.717) is 0 Å². The highest BCUT2D eigenvalue weighted by molar-refractivity contribution is 5.85. The second kappa shape index (κ2) is 4.11. The van der Waals surface area contributed by atoms with Crippen molar-refractivity contribution >= 4 is 12.0 Å². The Morgan fingerprint density at radius 2 is 1.77 bits per heavy atom. The average Bonchev–Trinajstić information content (AvgIpc) is 1.82. The van der Waals surface area contributed by atoms with E-state index in [-0.39, 0.29) is 6.04 Å². The zero-order valence-corrected chi connectivity index (χ0v) is 8.34. The minimum absolute atomic E-state index is 0.00963. The molecule has 0 aliphatic carbocycles. The minimum Gasteiger partial charge on any atom is -0.480 e. The van der Waals surface area contributed by atoms with Gasteiger partial charge in [0, 0.05) is 6.04 Å². The first-order valence-corrected chi connectivity index (χ1v) is 4.08. The molecular formula is C8H16N2O3. The molecule has 0 fully saturated rings. The monoisotopic (exact) mass is 188 g/mol. The zero-order valence-electron chi connectivity index (χ0n) is 8.34. The van der Waals surface area contributed by atoms with E-state index < -0.39 is 17.5 Å². The summed E-state index contributed by atoms with van der Waals surface area (Å²) in [5.74, 6) is -1.06. The third-order valence-electron chi connectivity index (χ3n) is 1.38. The zero-order chi connectivity index (χ0) is 10.6. The van der Waals surface area contributed by atoms with Gasteiger partial charge in [0.25, 0.3) is 0 Å². The number of urea groups is 1. The van der Waals surface area contributed by atoms with Crippen molar-refractivity contribution in [2.24, 2.45) is 0 Å². The summed E-state index contributed by atoms with van der Waals surface area (Å²) in [6.07, 6.45) is 0. The fraction of sp³-hybridized carbons (Fsp3) is 0.750. The van der Waals surface area contributed by atoms with Crippen LogP contribution in [0, 0.1) is 0 Å². The fourth-order valence-corrected chi connectivity index (χ4v) is 0.636. The highest BCUT2D eigenvalue weighted by Gasteiger charge is 2.28. The van der Waals surface area contributed by atoms with Gasteiger partial charge in [0.1, 0.15) is 5.54 Å². The second-order valence-corrected chi connectivity index (χ2v) is 3.68. The lowest BCUT2D eigenvalue weighted by molar-refractivity contribution is -0.142. The third kappa shape index (κ3) is 4.35. The van der Waals surface area contributed by atoms with Gasteiger partial charge in [0.05, 0.1) is 0 Å². The van der Waals surface area contributed by atoms with Crippen LogP contribution >= 0.6 is 0 Å². The van der Waals surface area contributed by atoms with Crippen LogP contribution in [0.2, 0.25) is 0 Å². The van der Waals surface area contributed by atoms with Crippen molar-refractivity contribution in [3.63, 3.8) is 0 Å². The number of hydrogen-bond acceptors (Lipinski definition) is 2. The standard InChI is InChI=1S/C8H16N2O3/c1-5(2)9-7(13)10-8(3,4)6(11)12/h5H,1-4H3,(H,11,12)(H2,9,10,13). The normalized spacial score (nSPS) is 11.2. The molecule has 5 nitrogen and oxygen atoms in total. The number of rotatable bonds is 3. The van der Waals surface area contributed by atoms with Crippen molar-refractivity contribution in [1.82, 2.24) is 10.6 Å². The van der Waals surface area contributed by atoms with Crippen LogP contribution in [0.1, 0.15) is 27.7 Å². The van der Waals surface area contributed by atoms with Crippen molar-refractivity contribution in [3.05, 3.63) is 0 Å². The van der Waals surface area contributed by atoms with Crippen molar-refractivity contribution in [2.45, 2.75) is 39.3 Å². The number of carboxylic acid groups (broad SMARTS) is 1. The molecule has 0 bridgehead atoms. The van der Waals surface area contributed by atoms with Crippen molar-refractivity contribution in [1.29, 1.82) is 0 Å². The first-order valence-electron chi connectivity index (χ1n) is 4.08. The van der Waals surface area contributed by atoms with Crippen LogP contribution in [0.25, 0.3) is 0 Å². The lowest BCUT2D eigenvalue weighted by Gasteiger charge is -2.22. The van der Waals surface area contributed by atoms with E-state index in [4.69, 9.17) is 5.11 Å². The molecule has 13 heavy (non-hydrogen) atoms. The molecule has 2 amide bonds. The van der Waals surface area contributed by atoms with Gasteiger partial charge in [-0.05, 0) is 27.7 Å². The molecule has 0 saturated heterocycles. The fourth-order valence-electron chi connectivity index (χ4n) is 0.636. The van der Waals surface area contributed by atoms with Crippen LogP contribution in [0.3, 0.4) is 0 Å². The molecule has 5 heteroatoms. The summed E-state index contributed by atoms with van der Waals surface area (Å²) < 4.78 is 0. The van der Waals surface area contributed by atoms with Crippen molar-refractivity contribution < 1.29 is 14.7 Å². The van der Waals surface area contributed by atoms with Crippen LogP contribution < -0.4 is 10.6 Å². The molecule has 0 aliphatic heterocycles.